The number of fused-ring (bicyclic) bond motifs is 1. The first-order valence-corrected chi connectivity index (χ1v) is 7.32. The van der Waals surface area contributed by atoms with Gasteiger partial charge in [0.25, 0.3) is 5.91 Å². The van der Waals surface area contributed by atoms with Gasteiger partial charge in [0, 0.05) is 23.6 Å². The van der Waals surface area contributed by atoms with Gasteiger partial charge in [0.2, 0.25) is 0 Å². The highest BCUT2D eigenvalue weighted by Crippen LogP contribution is 2.26. The van der Waals surface area contributed by atoms with E-state index in [1.807, 2.05) is 29.2 Å². The van der Waals surface area contributed by atoms with Gasteiger partial charge in [-0.25, -0.2) is 0 Å². The topological polar surface area (TPSA) is 32.3 Å². The zero-order chi connectivity index (χ0) is 12.5. The van der Waals surface area contributed by atoms with Crippen molar-refractivity contribution in [3.63, 3.8) is 0 Å². The van der Waals surface area contributed by atoms with E-state index < -0.39 is 0 Å². The molecule has 0 radical (unpaired) electrons. The third kappa shape index (κ3) is 2.96. The van der Waals surface area contributed by atoms with E-state index in [2.05, 4.69) is 21.2 Å². The molecular formula is C14H18BrClN2O. The summed E-state index contributed by atoms with van der Waals surface area (Å²) >= 11 is 3.46. The fourth-order valence-corrected chi connectivity index (χ4v) is 3.49. The van der Waals surface area contributed by atoms with Crippen LogP contribution >= 0.6 is 28.3 Å². The van der Waals surface area contributed by atoms with Gasteiger partial charge in [-0.3, -0.25) is 4.79 Å². The molecule has 0 spiro atoms. The number of carbonyl (C=O) groups excluding carboxylic acids is 1. The Kier molecular flexibility index (Phi) is 4.87. The molecule has 1 amide bonds. The molecule has 1 N–H and O–H groups in total. The minimum Gasteiger partial charge on any atom is -0.338 e. The van der Waals surface area contributed by atoms with Crippen LogP contribution in [0.2, 0.25) is 0 Å². The summed E-state index contributed by atoms with van der Waals surface area (Å²) in [7, 11) is 0. The Hall–Kier alpha value is -0.580. The molecule has 1 aromatic rings. The van der Waals surface area contributed by atoms with Crippen molar-refractivity contribution in [1.82, 2.24) is 10.2 Å². The first kappa shape index (κ1) is 14.8. The van der Waals surface area contributed by atoms with E-state index in [-0.39, 0.29) is 18.3 Å². The van der Waals surface area contributed by atoms with Crippen LogP contribution in [0.15, 0.2) is 28.7 Å². The van der Waals surface area contributed by atoms with Gasteiger partial charge in [-0.2, -0.15) is 0 Å². The van der Waals surface area contributed by atoms with Crippen LogP contribution in [0.3, 0.4) is 0 Å². The van der Waals surface area contributed by atoms with Crippen molar-refractivity contribution >= 4 is 34.2 Å². The van der Waals surface area contributed by atoms with Crippen LogP contribution in [0.25, 0.3) is 0 Å². The molecule has 2 aliphatic rings. The molecule has 3 nitrogen and oxygen atoms in total. The predicted octanol–water partition coefficient (Wildman–Crippen LogP) is 2.69. The number of amides is 1. The van der Waals surface area contributed by atoms with Gasteiger partial charge in [0.15, 0.2) is 0 Å². The summed E-state index contributed by atoms with van der Waals surface area (Å²) < 4.78 is 0.890. The summed E-state index contributed by atoms with van der Waals surface area (Å²) in [6.45, 7) is 2.87. The lowest BCUT2D eigenvalue weighted by Gasteiger charge is -2.35. The number of hydrogen-bond acceptors (Lipinski definition) is 2. The average molecular weight is 346 g/mol. The molecule has 0 saturated carbocycles. The summed E-state index contributed by atoms with van der Waals surface area (Å²) in [6.07, 6.45) is 2.28. The average Bonchev–Trinajstić information content (AvgIpc) is 2.85. The molecule has 2 unspecified atom stereocenters. The Morgan fingerprint density at radius 3 is 2.89 bits per heavy atom. The SMILES string of the molecule is Cl.O=C(c1ccccc1Br)N1CCC2NCCC2C1. The van der Waals surface area contributed by atoms with Gasteiger partial charge < -0.3 is 10.2 Å². The Morgan fingerprint density at radius 1 is 1.32 bits per heavy atom. The van der Waals surface area contributed by atoms with Gasteiger partial charge >= 0.3 is 0 Å². The molecule has 5 heteroatoms. The maximum absolute atomic E-state index is 12.5. The largest absolute Gasteiger partial charge is 0.338 e. The second-order valence-corrected chi connectivity index (χ2v) is 5.98. The van der Waals surface area contributed by atoms with Gasteiger partial charge in [-0.15, -0.1) is 12.4 Å². The van der Waals surface area contributed by atoms with Crippen LogP contribution in [0.5, 0.6) is 0 Å². The van der Waals surface area contributed by atoms with Crippen LogP contribution in [0.4, 0.5) is 0 Å². The second-order valence-electron chi connectivity index (χ2n) is 5.13. The van der Waals surface area contributed by atoms with Gasteiger partial charge in [-0.05, 0) is 53.4 Å². The summed E-state index contributed by atoms with van der Waals surface area (Å²) in [5.41, 5.74) is 0.780. The number of piperidine rings is 1. The molecule has 0 aliphatic carbocycles. The molecular weight excluding hydrogens is 328 g/mol. The predicted molar refractivity (Wildman–Crippen MR) is 81.8 cm³/mol. The van der Waals surface area contributed by atoms with E-state index in [4.69, 9.17) is 0 Å². The standard InChI is InChI=1S/C14H17BrN2O.ClH/c15-12-4-2-1-3-11(12)14(18)17-8-6-13-10(9-17)5-7-16-13;/h1-4,10,13,16H,5-9H2;1H. The van der Waals surface area contributed by atoms with Crippen molar-refractivity contribution < 1.29 is 4.79 Å². The van der Waals surface area contributed by atoms with E-state index in [1.54, 1.807) is 0 Å². The third-order valence-electron chi connectivity index (χ3n) is 4.05. The van der Waals surface area contributed by atoms with E-state index in [9.17, 15) is 4.79 Å². The van der Waals surface area contributed by atoms with E-state index >= 15 is 0 Å². The van der Waals surface area contributed by atoms with E-state index in [1.165, 1.54) is 6.42 Å². The zero-order valence-electron chi connectivity index (χ0n) is 10.6. The lowest BCUT2D eigenvalue weighted by Crippen LogP contribution is -2.46. The number of benzene rings is 1. The molecule has 2 fully saturated rings. The molecule has 2 saturated heterocycles. The van der Waals surface area contributed by atoms with Crippen LogP contribution < -0.4 is 5.32 Å². The van der Waals surface area contributed by atoms with Crippen molar-refractivity contribution in [2.24, 2.45) is 5.92 Å². The van der Waals surface area contributed by atoms with Crippen molar-refractivity contribution in [3.05, 3.63) is 34.3 Å². The van der Waals surface area contributed by atoms with E-state index in [0.717, 1.165) is 36.1 Å². The number of nitrogens with zero attached hydrogens (tertiary/aromatic N) is 1. The fraction of sp³-hybridized carbons (Fsp3) is 0.500. The van der Waals surface area contributed by atoms with Gasteiger partial charge in [0.1, 0.15) is 0 Å². The first-order valence-electron chi connectivity index (χ1n) is 6.53. The Morgan fingerprint density at radius 2 is 2.11 bits per heavy atom. The summed E-state index contributed by atoms with van der Waals surface area (Å²) in [5.74, 6) is 0.804. The molecule has 2 aliphatic heterocycles. The molecule has 2 heterocycles. The van der Waals surface area contributed by atoms with Crippen LogP contribution in [-0.4, -0.2) is 36.5 Å². The highest BCUT2D eigenvalue weighted by atomic mass is 79.9. The number of hydrogen-bond donors (Lipinski definition) is 1. The highest BCUT2D eigenvalue weighted by Gasteiger charge is 2.34. The normalized spacial score (nSPS) is 25.6. The maximum atomic E-state index is 12.5. The Labute approximate surface area is 128 Å². The lowest BCUT2D eigenvalue weighted by molar-refractivity contribution is 0.0661. The monoisotopic (exact) mass is 344 g/mol. The molecule has 1 aromatic carbocycles. The molecule has 0 bridgehead atoms. The summed E-state index contributed by atoms with van der Waals surface area (Å²) in [4.78, 5) is 14.5. The number of halogens is 2. The Bertz CT molecular complexity index is 469. The van der Waals surface area contributed by atoms with Crippen LogP contribution in [-0.2, 0) is 0 Å². The highest BCUT2D eigenvalue weighted by molar-refractivity contribution is 9.10. The number of likely N-dealkylation sites (tertiary alicyclic amines) is 1. The number of carbonyl (C=O) groups is 1. The first-order chi connectivity index (χ1) is 8.75. The number of nitrogens with one attached hydrogen (secondary N) is 1. The molecule has 2 atom stereocenters. The van der Waals surface area contributed by atoms with Gasteiger partial charge in [-0.1, -0.05) is 12.1 Å². The van der Waals surface area contributed by atoms with Crippen molar-refractivity contribution in [2.75, 3.05) is 19.6 Å². The molecule has 3 rings (SSSR count). The third-order valence-corrected chi connectivity index (χ3v) is 4.74. The maximum Gasteiger partial charge on any atom is 0.255 e. The van der Waals surface area contributed by atoms with Crippen LogP contribution in [0.1, 0.15) is 23.2 Å². The number of rotatable bonds is 1. The second kappa shape index (κ2) is 6.25. The van der Waals surface area contributed by atoms with Crippen LogP contribution in [0, 0.1) is 5.92 Å². The Balaban J connectivity index is 0.00000133. The van der Waals surface area contributed by atoms with Gasteiger partial charge in [0.05, 0.1) is 5.56 Å². The summed E-state index contributed by atoms with van der Waals surface area (Å²) in [6, 6.07) is 8.31. The smallest absolute Gasteiger partial charge is 0.255 e. The molecule has 0 aromatic heterocycles. The van der Waals surface area contributed by atoms with Crippen molar-refractivity contribution in [2.45, 2.75) is 18.9 Å². The van der Waals surface area contributed by atoms with Crippen molar-refractivity contribution in [1.29, 1.82) is 0 Å². The lowest BCUT2D eigenvalue weighted by atomic mass is 9.93. The minimum atomic E-state index is 0. The van der Waals surface area contributed by atoms with E-state index in [0.29, 0.717) is 12.0 Å². The zero-order valence-corrected chi connectivity index (χ0v) is 13.0. The molecule has 104 valence electrons. The quantitative estimate of drug-likeness (QED) is 0.849. The molecule has 19 heavy (non-hydrogen) atoms. The van der Waals surface area contributed by atoms with Crippen molar-refractivity contribution in [3.8, 4) is 0 Å². The fourth-order valence-electron chi connectivity index (χ4n) is 3.04. The minimum absolute atomic E-state index is 0. The summed E-state index contributed by atoms with van der Waals surface area (Å²) in [5, 5.41) is 3.52.